The lowest BCUT2D eigenvalue weighted by Crippen LogP contribution is -2.14. The molecule has 0 aromatic heterocycles. The van der Waals surface area contributed by atoms with Crippen LogP contribution in [0.2, 0.25) is 0 Å². The molecule has 0 saturated carbocycles. The molecule has 0 fully saturated rings. The van der Waals surface area contributed by atoms with Crippen LogP contribution in [0.1, 0.15) is 65.2 Å². The van der Waals surface area contributed by atoms with Crippen molar-refractivity contribution in [2.45, 2.75) is 65.8 Å². The van der Waals surface area contributed by atoms with Crippen molar-refractivity contribution in [2.75, 3.05) is 6.61 Å². The van der Waals surface area contributed by atoms with Crippen molar-refractivity contribution in [3.05, 3.63) is 48.2 Å². The Bertz CT molecular complexity index is 360. The van der Waals surface area contributed by atoms with Crippen molar-refractivity contribution in [3.63, 3.8) is 0 Å². The molecule has 22 heavy (non-hydrogen) atoms. The maximum Gasteiger partial charge on any atom is 0.181 e. The van der Waals surface area contributed by atoms with Gasteiger partial charge in [0.25, 0.3) is 0 Å². The molecule has 1 aromatic carbocycles. The summed E-state index contributed by atoms with van der Waals surface area (Å²) in [6.07, 6.45) is 7.01. The van der Waals surface area contributed by atoms with Gasteiger partial charge in [-0.3, -0.25) is 0 Å². The fraction of sp³-hybridized carbons (Fsp3) is 0.579. The van der Waals surface area contributed by atoms with Gasteiger partial charge in [0.1, 0.15) is 0 Å². The normalized spacial score (nSPS) is 17.8. The Hall–Kier alpha value is -1.32. The molecule has 0 spiro atoms. The average molecular weight is 308 g/mol. The molecule has 0 saturated heterocycles. The first-order valence-electron chi connectivity index (χ1n) is 8.44. The molecular formula is C19H32O3. The lowest BCUT2D eigenvalue weighted by molar-refractivity contribution is -0.127. The number of unbranched alkanes of at least 4 members (excludes halogenated alkanes) is 1. The molecule has 2 atom stereocenters. The number of benzene rings is 1. The van der Waals surface area contributed by atoms with Crippen LogP contribution in [-0.4, -0.2) is 17.8 Å². The lowest BCUT2D eigenvalue weighted by Gasteiger charge is -2.17. The summed E-state index contributed by atoms with van der Waals surface area (Å²) >= 11 is 0. The van der Waals surface area contributed by atoms with Crippen LogP contribution in [0.3, 0.4) is 0 Å². The van der Waals surface area contributed by atoms with Crippen LogP contribution in [-0.2, 0) is 9.47 Å². The number of aliphatic hydroxyl groups is 1. The minimum absolute atomic E-state index is 0.0716. The first-order chi connectivity index (χ1) is 10.8. The fourth-order valence-corrected chi connectivity index (χ4v) is 1.65. The summed E-state index contributed by atoms with van der Waals surface area (Å²) in [5.41, 5.74) is 0.779. The summed E-state index contributed by atoms with van der Waals surface area (Å²) < 4.78 is 10.7. The Morgan fingerprint density at radius 1 is 1.18 bits per heavy atom. The van der Waals surface area contributed by atoms with Crippen molar-refractivity contribution in [3.8, 4) is 0 Å². The van der Waals surface area contributed by atoms with Gasteiger partial charge in [-0.1, -0.05) is 70.9 Å². The van der Waals surface area contributed by atoms with Gasteiger partial charge in [0.2, 0.25) is 0 Å². The van der Waals surface area contributed by atoms with E-state index in [-0.39, 0.29) is 6.10 Å². The van der Waals surface area contributed by atoms with E-state index in [4.69, 9.17) is 9.47 Å². The van der Waals surface area contributed by atoms with Gasteiger partial charge in [-0.25, -0.2) is 0 Å². The van der Waals surface area contributed by atoms with Crippen molar-refractivity contribution in [1.82, 2.24) is 0 Å². The highest BCUT2D eigenvalue weighted by atomic mass is 16.6. The van der Waals surface area contributed by atoms with E-state index < -0.39 is 6.29 Å². The van der Waals surface area contributed by atoms with Gasteiger partial charge in [-0.15, -0.1) is 0 Å². The van der Waals surface area contributed by atoms with Crippen LogP contribution in [0, 0.1) is 0 Å². The Kier molecular flexibility index (Phi) is 13.7. The van der Waals surface area contributed by atoms with E-state index in [1.165, 1.54) is 12.8 Å². The summed E-state index contributed by atoms with van der Waals surface area (Å²) in [4.78, 5) is 0. The van der Waals surface area contributed by atoms with E-state index in [0.29, 0.717) is 0 Å². The summed E-state index contributed by atoms with van der Waals surface area (Å²) in [6, 6.07) is 9.38. The first-order valence-corrected chi connectivity index (χ1v) is 8.44. The van der Waals surface area contributed by atoms with Crippen LogP contribution in [0.15, 0.2) is 42.7 Å². The van der Waals surface area contributed by atoms with Gasteiger partial charge in [0.05, 0.1) is 19.0 Å². The average Bonchev–Trinajstić information content (AvgIpc) is 2.86. The molecule has 0 amide bonds. The second-order valence-electron chi connectivity index (χ2n) is 4.78. The van der Waals surface area contributed by atoms with Crippen molar-refractivity contribution in [1.29, 1.82) is 0 Å². The van der Waals surface area contributed by atoms with E-state index >= 15 is 0 Å². The minimum Gasteiger partial charge on any atom is -0.501 e. The lowest BCUT2D eigenvalue weighted by atomic mass is 10.2. The van der Waals surface area contributed by atoms with Gasteiger partial charge >= 0.3 is 0 Å². The Morgan fingerprint density at radius 2 is 1.82 bits per heavy atom. The smallest absolute Gasteiger partial charge is 0.181 e. The molecule has 3 heteroatoms. The number of hydrogen-bond acceptors (Lipinski definition) is 3. The molecule has 1 N–H and O–H groups in total. The van der Waals surface area contributed by atoms with Gasteiger partial charge in [0, 0.05) is 5.56 Å². The van der Waals surface area contributed by atoms with E-state index in [9.17, 15) is 5.11 Å². The largest absolute Gasteiger partial charge is 0.501 e. The topological polar surface area (TPSA) is 38.7 Å². The highest BCUT2D eigenvalue weighted by Gasteiger charge is 2.14. The summed E-state index contributed by atoms with van der Waals surface area (Å²) in [7, 11) is 0. The predicted octanol–water partition coefficient (Wildman–Crippen LogP) is 5.22. The minimum atomic E-state index is -0.867. The first kappa shape index (κ1) is 20.7. The van der Waals surface area contributed by atoms with Gasteiger partial charge in [-0.05, 0) is 18.9 Å². The summed E-state index contributed by atoms with van der Waals surface area (Å²) in [5.74, 6) is 0. The van der Waals surface area contributed by atoms with Crippen LogP contribution in [0.4, 0.5) is 0 Å². The molecule has 1 aromatic rings. The third-order valence-electron chi connectivity index (χ3n) is 3.03. The molecule has 1 heterocycles. The molecular weight excluding hydrogens is 276 g/mol. The standard InChI is InChI=1S/C13H16O3.C4H10.C2H6/c14-13(11-5-2-1-3-6-11)16-12-7-4-9-15-10-8-12;1-3-4-2;1-2/h1-3,5-6,8,10,12-14H,4,7,9H2;3-4H2,1-2H3;1-2H3/t12-,13?;;/m0../s1. The second-order valence-corrected chi connectivity index (χ2v) is 4.78. The van der Waals surface area contributed by atoms with Gasteiger partial charge < -0.3 is 14.6 Å². The van der Waals surface area contributed by atoms with E-state index in [0.717, 1.165) is 25.0 Å². The second kappa shape index (κ2) is 14.6. The Labute approximate surface area is 136 Å². The Balaban J connectivity index is 0.000000640. The third-order valence-corrected chi connectivity index (χ3v) is 3.03. The highest BCUT2D eigenvalue weighted by Crippen LogP contribution is 2.19. The molecule has 126 valence electrons. The van der Waals surface area contributed by atoms with Crippen LogP contribution in [0.5, 0.6) is 0 Å². The summed E-state index contributed by atoms with van der Waals surface area (Å²) in [5, 5.41) is 9.87. The molecule has 3 nitrogen and oxygen atoms in total. The van der Waals surface area contributed by atoms with Crippen LogP contribution < -0.4 is 0 Å². The van der Waals surface area contributed by atoms with E-state index in [1.54, 1.807) is 6.26 Å². The SMILES string of the molecule is CC.CCCC.OC(O[C@@H]1C=COCCC1)c1ccccc1. The maximum absolute atomic E-state index is 9.87. The van der Waals surface area contributed by atoms with Crippen molar-refractivity contribution < 1.29 is 14.6 Å². The third kappa shape index (κ3) is 9.59. The van der Waals surface area contributed by atoms with Crippen LogP contribution >= 0.6 is 0 Å². The number of rotatable bonds is 4. The molecule has 0 bridgehead atoms. The predicted molar refractivity (Wildman–Crippen MR) is 92.5 cm³/mol. The van der Waals surface area contributed by atoms with E-state index in [2.05, 4.69) is 13.8 Å². The molecule has 1 aliphatic heterocycles. The maximum atomic E-state index is 9.87. The van der Waals surface area contributed by atoms with Gasteiger partial charge in [0.15, 0.2) is 6.29 Å². The summed E-state index contributed by atoms with van der Waals surface area (Å²) in [6.45, 7) is 9.08. The van der Waals surface area contributed by atoms with Gasteiger partial charge in [-0.2, -0.15) is 0 Å². The molecule has 1 unspecified atom stereocenters. The zero-order chi connectivity index (χ0) is 16.6. The molecule has 0 aliphatic carbocycles. The zero-order valence-electron chi connectivity index (χ0n) is 14.5. The number of ether oxygens (including phenoxy) is 2. The van der Waals surface area contributed by atoms with Crippen molar-refractivity contribution >= 4 is 0 Å². The molecule has 2 rings (SSSR count). The van der Waals surface area contributed by atoms with E-state index in [1.807, 2.05) is 50.3 Å². The molecule has 0 radical (unpaired) electrons. The van der Waals surface area contributed by atoms with Crippen LogP contribution in [0.25, 0.3) is 0 Å². The quantitative estimate of drug-likeness (QED) is 0.775. The number of hydrogen-bond donors (Lipinski definition) is 1. The number of aliphatic hydroxyl groups excluding tert-OH is 1. The monoisotopic (exact) mass is 308 g/mol. The Morgan fingerprint density at radius 3 is 2.41 bits per heavy atom. The van der Waals surface area contributed by atoms with Crippen molar-refractivity contribution in [2.24, 2.45) is 0 Å². The molecule has 1 aliphatic rings. The fourth-order valence-electron chi connectivity index (χ4n) is 1.65. The highest BCUT2D eigenvalue weighted by molar-refractivity contribution is 5.15. The zero-order valence-corrected chi connectivity index (χ0v) is 14.5.